The number of hydrogen-bond donors (Lipinski definition) is 0. The molecule has 1 fully saturated rings. The van der Waals surface area contributed by atoms with Gasteiger partial charge < -0.3 is 5.32 Å². The Kier molecular flexibility index (Phi) is 7.38. The van der Waals surface area contributed by atoms with Gasteiger partial charge in [-0.25, -0.2) is 0 Å². The van der Waals surface area contributed by atoms with Gasteiger partial charge in [-0.2, -0.15) is 0 Å². The van der Waals surface area contributed by atoms with Crippen molar-refractivity contribution in [2.45, 2.75) is 19.3 Å². The summed E-state index contributed by atoms with van der Waals surface area (Å²) in [6.45, 7) is 2.25. The Bertz CT molecular complexity index is 23.6. The molecule has 0 bridgehead atoms. The predicted molar refractivity (Wildman–Crippen MR) is 26.9 cm³/mol. The van der Waals surface area contributed by atoms with Crippen LogP contribution in [-0.4, -0.2) is 13.1 Å². The van der Waals surface area contributed by atoms with E-state index in [2.05, 4.69) is 5.32 Å². The van der Waals surface area contributed by atoms with Crippen LogP contribution in [0.1, 0.15) is 19.3 Å². The molecule has 0 amide bonds. The number of piperidine rings is 1. The smallest absolute Gasteiger partial charge is 0.662 e. The average Bonchev–Trinajstić information content (AvgIpc) is 1.72. The standard InChI is InChI=1S/C5H10N.Rb/c1-2-4-6-5-3-1;/h1-5H2;/q-1;+1. The summed E-state index contributed by atoms with van der Waals surface area (Å²) in [5, 5.41) is 4.18. The van der Waals surface area contributed by atoms with Crippen molar-refractivity contribution >= 4 is 0 Å². The van der Waals surface area contributed by atoms with Gasteiger partial charge >= 0.3 is 58.2 Å². The van der Waals surface area contributed by atoms with Gasteiger partial charge in [0.25, 0.3) is 0 Å². The first-order valence-corrected chi connectivity index (χ1v) is 2.63. The molecule has 1 aliphatic heterocycles. The van der Waals surface area contributed by atoms with Crippen molar-refractivity contribution in [2.24, 2.45) is 0 Å². The van der Waals surface area contributed by atoms with Crippen LogP contribution in [0.25, 0.3) is 5.32 Å². The summed E-state index contributed by atoms with van der Waals surface area (Å²) < 4.78 is 0. The molecular formula is C5H10NRb. The van der Waals surface area contributed by atoms with E-state index in [0.717, 1.165) is 13.1 Å². The summed E-state index contributed by atoms with van der Waals surface area (Å²) in [7, 11) is 0. The van der Waals surface area contributed by atoms with Gasteiger partial charge in [-0.1, -0.05) is 19.3 Å². The molecule has 0 radical (unpaired) electrons. The van der Waals surface area contributed by atoms with Crippen LogP contribution in [-0.2, 0) is 0 Å². The van der Waals surface area contributed by atoms with Crippen LogP contribution < -0.4 is 58.2 Å². The summed E-state index contributed by atoms with van der Waals surface area (Å²) in [4.78, 5) is 0. The van der Waals surface area contributed by atoms with E-state index in [4.69, 9.17) is 0 Å². The molecule has 0 spiro atoms. The van der Waals surface area contributed by atoms with Crippen molar-refractivity contribution in [1.29, 1.82) is 0 Å². The maximum atomic E-state index is 4.18. The fourth-order valence-electron chi connectivity index (χ4n) is 0.736. The number of nitrogens with zero attached hydrogens (tertiary/aromatic N) is 1. The molecule has 1 rings (SSSR count). The van der Waals surface area contributed by atoms with Crippen molar-refractivity contribution in [3.63, 3.8) is 0 Å². The molecule has 0 aromatic heterocycles. The van der Waals surface area contributed by atoms with Gasteiger partial charge in [-0.3, -0.25) is 0 Å². The molecule has 1 aliphatic rings. The molecule has 0 aromatic rings. The minimum atomic E-state index is 0. The Morgan fingerprint density at radius 1 is 0.857 bits per heavy atom. The third-order valence-electron chi connectivity index (χ3n) is 1.13. The van der Waals surface area contributed by atoms with Crippen LogP contribution >= 0.6 is 0 Å². The van der Waals surface area contributed by atoms with Crippen LogP contribution in [0.4, 0.5) is 0 Å². The van der Waals surface area contributed by atoms with E-state index < -0.39 is 0 Å². The third kappa shape index (κ3) is 4.28. The largest absolute Gasteiger partial charge is 1.00 e. The molecule has 0 unspecified atom stereocenters. The second kappa shape index (κ2) is 5.89. The maximum absolute atomic E-state index is 4.18. The first-order chi connectivity index (χ1) is 3.00. The molecule has 0 N–H and O–H groups in total. The molecule has 0 saturated carbocycles. The van der Waals surface area contributed by atoms with Gasteiger partial charge in [-0.05, 0) is 0 Å². The van der Waals surface area contributed by atoms with E-state index in [9.17, 15) is 0 Å². The zero-order chi connectivity index (χ0) is 4.24. The van der Waals surface area contributed by atoms with E-state index in [0.29, 0.717) is 0 Å². The predicted octanol–water partition coefficient (Wildman–Crippen LogP) is -1.45. The fraction of sp³-hybridized carbons (Fsp3) is 1.00. The van der Waals surface area contributed by atoms with Crippen LogP contribution in [0.15, 0.2) is 0 Å². The van der Waals surface area contributed by atoms with Crippen LogP contribution in [0.2, 0.25) is 0 Å². The summed E-state index contributed by atoms with van der Waals surface area (Å²) in [5.41, 5.74) is 0. The Morgan fingerprint density at radius 3 is 1.57 bits per heavy atom. The topological polar surface area (TPSA) is 14.1 Å². The van der Waals surface area contributed by atoms with Gasteiger partial charge in [-0.15, -0.1) is 13.1 Å². The summed E-state index contributed by atoms with van der Waals surface area (Å²) >= 11 is 0. The van der Waals surface area contributed by atoms with Crippen LogP contribution in [0.5, 0.6) is 0 Å². The molecule has 0 atom stereocenters. The van der Waals surface area contributed by atoms with Gasteiger partial charge in [0.2, 0.25) is 0 Å². The van der Waals surface area contributed by atoms with E-state index in [1.54, 1.807) is 0 Å². The zero-order valence-electron chi connectivity index (χ0n) is 4.98. The summed E-state index contributed by atoms with van der Waals surface area (Å²) in [6, 6.07) is 0. The molecule has 7 heavy (non-hydrogen) atoms. The van der Waals surface area contributed by atoms with Crippen molar-refractivity contribution in [3.8, 4) is 0 Å². The maximum Gasteiger partial charge on any atom is 1.00 e. The molecular weight excluding hydrogens is 160 g/mol. The third-order valence-corrected chi connectivity index (χ3v) is 1.13. The average molecular weight is 170 g/mol. The summed E-state index contributed by atoms with van der Waals surface area (Å²) in [5.74, 6) is 0. The number of rotatable bonds is 0. The molecule has 1 heterocycles. The van der Waals surface area contributed by atoms with E-state index in [1.807, 2.05) is 0 Å². The van der Waals surface area contributed by atoms with Gasteiger partial charge in [0.15, 0.2) is 0 Å². The Morgan fingerprint density at radius 2 is 1.43 bits per heavy atom. The second-order valence-electron chi connectivity index (χ2n) is 1.73. The quantitative estimate of drug-likeness (QED) is 0.421. The molecule has 36 valence electrons. The monoisotopic (exact) mass is 169 g/mol. The van der Waals surface area contributed by atoms with E-state index >= 15 is 0 Å². The van der Waals surface area contributed by atoms with Crippen molar-refractivity contribution < 1.29 is 58.2 Å². The minimum absolute atomic E-state index is 0. The van der Waals surface area contributed by atoms with Crippen molar-refractivity contribution in [2.75, 3.05) is 13.1 Å². The van der Waals surface area contributed by atoms with E-state index in [-0.39, 0.29) is 58.2 Å². The number of hydrogen-bond acceptors (Lipinski definition) is 0. The second-order valence-corrected chi connectivity index (χ2v) is 1.73. The SMILES string of the molecule is C1CC[N-]CC1.[Rb+]. The molecule has 0 aromatic carbocycles. The van der Waals surface area contributed by atoms with Crippen molar-refractivity contribution in [3.05, 3.63) is 5.32 Å². The van der Waals surface area contributed by atoms with Crippen LogP contribution in [0.3, 0.4) is 0 Å². The van der Waals surface area contributed by atoms with E-state index in [1.165, 1.54) is 19.3 Å². The van der Waals surface area contributed by atoms with Crippen molar-refractivity contribution in [1.82, 2.24) is 0 Å². The fourth-order valence-corrected chi connectivity index (χ4v) is 0.736. The Labute approximate surface area is 94.0 Å². The summed E-state index contributed by atoms with van der Waals surface area (Å²) in [6.07, 6.45) is 4.07. The van der Waals surface area contributed by atoms with Crippen LogP contribution in [0, 0.1) is 0 Å². The zero-order valence-corrected chi connectivity index (χ0v) is 9.90. The van der Waals surface area contributed by atoms with Gasteiger partial charge in [0.05, 0.1) is 0 Å². The first-order valence-electron chi connectivity index (χ1n) is 2.63. The first kappa shape index (κ1) is 8.77. The molecule has 1 nitrogen and oxygen atoms in total. The Hall–Kier alpha value is 1.77. The molecule has 1 saturated heterocycles. The minimum Gasteiger partial charge on any atom is -0.662 e. The normalized spacial score (nSPS) is 20.6. The molecule has 2 heteroatoms. The van der Waals surface area contributed by atoms with Gasteiger partial charge in [0, 0.05) is 0 Å². The Balaban J connectivity index is 0.000000360. The van der Waals surface area contributed by atoms with Gasteiger partial charge in [0.1, 0.15) is 0 Å². The molecule has 0 aliphatic carbocycles.